The molecule has 0 aliphatic heterocycles. The Balaban J connectivity index is 1.93. The first-order chi connectivity index (χ1) is 9.83. The molecule has 20 heavy (non-hydrogen) atoms. The Kier molecular flexibility index (Phi) is 5.55. The van der Waals surface area contributed by atoms with Gasteiger partial charge in [0.2, 0.25) is 0 Å². The first-order valence-corrected chi connectivity index (χ1v) is 7.67. The molecule has 0 spiro atoms. The number of guanidine groups is 1. The molecule has 2 aromatic rings. The van der Waals surface area contributed by atoms with E-state index in [2.05, 4.69) is 56.5 Å². The van der Waals surface area contributed by atoms with Crippen LogP contribution in [-0.2, 0) is 19.6 Å². The van der Waals surface area contributed by atoms with Gasteiger partial charge in [-0.05, 0) is 36.2 Å². The van der Waals surface area contributed by atoms with E-state index in [4.69, 9.17) is 0 Å². The lowest BCUT2D eigenvalue weighted by molar-refractivity contribution is 0.670. The van der Waals surface area contributed by atoms with Gasteiger partial charge in [-0.15, -0.1) is 10.2 Å². The van der Waals surface area contributed by atoms with Gasteiger partial charge in [0.15, 0.2) is 11.8 Å². The van der Waals surface area contributed by atoms with Crippen molar-refractivity contribution in [3.05, 3.63) is 34.5 Å². The van der Waals surface area contributed by atoms with E-state index >= 15 is 0 Å². The third-order valence-corrected chi connectivity index (χ3v) is 3.53. The average Bonchev–Trinajstić information content (AvgIpc) is 3.12. The third kappa shape index (κ3) is 4.06. The summed E-state index contributed by atoms with van der Waals surface area (Å²) >= 11 is 1.69. The molecule has 108 valence electrons. The second-order valence-electron chi connectivity index (χ2n) is 4.21. The summed E-state index contributed by atoms with van der Waals surface area (Å²) in [6.45, 7) is 7.12. The summed E-state index contributed by atoms with van der Waals surface area (Å²) in [7, 11) is 0. The van der Waals surface area contributed by atoms with E-state index < -0.39 is 0 Å². The first-order valence-electron chi connectivity index (χ1n) is 6.73. The van der Waals surface area contributed by atoms with Crippen molar-refractivity contribution in [3.63, 3.8) is 0 Å². The summed E-state index contributed by atoms with van der Waals surface area (Å²) in [6, 6.07) is 2.09. The molecule has 0 unspecified atom stereocenters. The Bertz CT molecular complexity index is 531. The van der Waals surface area contributed by atoms with E-state index in [0.717, 1.165) is 24.9 Å². The SMILES string of the molecule is CCNC(=NCc1ccsc1)NCc1nncn1CC. The molecule has 0 saturated heterocycles. The van der Waals surface area contributed by atoms with E-state index in [0.29, 0.717) is 13.1 Å². The Morgan fingerprint density at radius 1 is 1.40 bits per heavy atom. The average molecular weight is 292 g/mol. The van der Waals surface area contributed by atoms with Crippen LogP contribution in [0.25, 0.3) is 0 Å². The summed E-state index contributed by atoms with van der Waals surface area (Å²) in [5.41, 5.74) is 1.23. The van der Waals surface area contributed by atoms with Crippen LogP contribution in [0.2, 0.25) is 0 Å². The van der Waals surface area contributed by atoms with Crippen LogP contribution in [0, 0.1) is 0 Å². The molecule has 0 aliphatic carbocycles. The lowest BCUT2D eigenvalue weighted by atomic mass is 10.3. The van der Waals surface area contributed by atoms with Gasteiger partial charge in [0, 0.05) is 13.1 Å². The van der Waals surface area contributed by atoms with Gasteiger partial charge in [-0.25, -0.2) is 4.99 Å². The zero-order valence-corrected chi connectivity index (χ0v) is 12.7. The summed E-state index contributed by atoms with van der Waals surface area (Å²) < 4.78 is 2.01. The molecule has 2 N–H and O–H groups in total. The largest absolute Gasteiger partial charge is 0.357 e. The molecule has 0 aliphatic rings. The number of thiophene rings is 1. The summed E-state index contributed by atoms with van der Waals surface area (Å²) in [5.74, 6) is 1.71. The standard InChI is InChI=1S/C13H20N6S/c1-3-14-13(15-7-11-5-6-20-9-11)16-8-12-18-17-10-19(12)4-2/h5-6,9-10H,3-4,7-8H2,1-2H3,(H2,14,15,16). The molecule has 0 amide bonds. The molecule has 6 nitrogen and oxygen atoms in total. The van der Waals surface area contributed by atoms with Gasteiger partial charge in [-0.3, -0.25) is 0 Å². The van der Waals surface area contributed by atoms with Crippen LogP contribution < -0.4 is 10.6 Å². The van der Waals surface area contributed by atoms with Crippen molar-refractivity contribution in [3.8, 4) is 0 Å². The van der Waals surface area contributed by atoms with Gasteiger partial charge in [-0.1, -0.05) is 0 Å². The van der Waals surface area contributed by atoms with Gasteiger partial charge in [0.1, 0.15) is 6.33 Å². The Hall–Kier alpha value is -1.89. The number of hydrogen-bond donors (Lipinski definition) is 2. The molecule has 2 heterocycles. The van der Waals surface area contributed by atoms with E-state index in [9.17, 15) is 0 Å². The van der Waals surface area contributed by atoms with Gasteiger partial charge < -0.3 is 15.2 Å². The monoisotopic (exact) mass is 292 g/mol. The zero-order chi connectivity index (χ0) is 14.2. The molecular weight excluding hydrogens is 272 g/mol. The highest BCUT2D eigenvalue weighted by Gasteiger charge is 2.04. The maximum Gasteiger partial charge on any atom is 0.191 e. The quantitative estimate of drug-likeness (QED) is 0.627. The number of nitrogens with one attached hydrogen (secondary N) is 2. The molecule has 7 heteroatoms. The molecule has 0 saturated carbocycles. The highest BCUT2D eigenvalue weighted by atomic mass is 32.1. The summed E-state index contributed by atoms with van der Waals surface area (Å²) in [4.78, 5) is 4.55. The fourth-order valence-electron chi connectivity index (χ4n) is 1.74. The van der Waals surface area contributed by atoms with Gasteiger partial charge in [0.25, 0.3) is 0 Å². The highest BCUT2D eigenvalue weighted by molar-refractivity contribution is 7.07. The predicted octanol–water partition coefficient (Wildman–Crippen LogP) is 1.61. The van der Waals surface area contributed by atoms with Crippen LogP contribution in [0.4, 0.5) is 0 Å². The number of hydrogen-bond acceptors (Lipinski definition) is 4. The van der Waals surface area contributed by atoms with Crippen LogP contribution >= 0.6 is 11.3 Å². The number of aliphatic imine (C=N–C) groups is 1. The molecule has 2 rings (SSSR count). The molecular formula is C13H20N6S. The molecule has 0 atom stereocenters. The maximum atomic E-state index is 4.55. The predicted molar refractivity (Wildman–Crippen MR) is 81.7 cm³/mol. The minimum atomic E-state index is 0.614. The van der Waals surface area contributed by atoms with Crippen molar-refractivity contribution in [2.24, 2.45) is 4.99 Å². The maximum absolute atomic E-state index is 4.55. The Morgan fingerprint density at radius 3 is 3.00 bits per heavy atom. The van der Waals surface area contributed by atoms with Crippen molar-refractivity contribution < 1.29 is 0 Å². The van der Waals surface area contributed by atoms with Crippen molar-refractivity contribution in [2.45, 2.75) is 33.5 Å². The molecule has 2 aromatic heterocycles. The smallest absolute Gasteiger partial charge is 0.191 e. The minimum Gasteiger partial charge on any atom is -0.357 e. The first kappa shape index (κ1) is 14.5. The van der Waals surface area contributed by atoms with Crippen LogP contribution in [0.15, 0.2) is 28.1 Å². The lowest BCUT2D eigenvalue weighted by Gasteiger charge is -2.11. The van der Waals surface area contributed by atoms with Crippen molar-refractivity contribution in [1.29, 1.82) is 0 Å². The number of rotatable bonds is 6. The minimum absolute atomic E-state index is 0.614. The second kappa shape index (κ2) is 7.64. The van der Waals surface area contributed by atoms with Crippen LogP contribution in [0.1, 0.15) is 25.2 Å². The van der Waals surface area contributed by atoms with Crippen molar-refractivity contribution in [2.75, 3.05) is 6.54 Å². The lowest BCUT2D eigenvalue weighted by Crippen LogP contribution is -2.37. The molecule has 0 fully saturated rings. The van der Waals surface area contributed by atoms with E-state index in [1.54, 1.807) is 17.7 Å². The van der Waals surface area contributed by atoms with E-state index in [1.807, 2.05) is 4.57 Å². The topological polar surface area (TPSA) is 67.1 Å². The second-order valence-corrected chi connectivity index (χ2v) is 4.99. The number of aryl methyl sites for hydroxylation is 1. The highest BCUT2D eigenvalue weighted by Crippen LogP contribution is 2.06. The summed E-state index contributed by atoms with van der Waals surface area (Å²) in [5, 5.41) is 18.7. The molecule has 0 bridgehead atoms. The van der Waals surface area contributed by atoms with Crippen LogP contribution in [0.5, 0.6) is 0 Å². The van der Waals surface area contributed by atoms with Gasteiger partial charge >= 0.3 is 0 Å². The molecule has 0 aromatic carbocycles. The van der Waals surface area contributed by atoms with Crippen LogP contribution in [-0.4, -0.2) is 27.3 Å². The fourth-order valence-corrected chi connectivity index (χ4v) is 2.40. The van der Waals surface area contributed by atoms with Crippen molar-refractivity contribution in [1.82, 2.24) is 25.4 Å². The summed E-state index contributed by atoms with van der Waals surface area (Å²) in [6.07, 6.45) is 1.74. The fraction of sp³-hybridized carbons (Fsp3) is 0.462. The Labute approximate surface area is 123 Å². The number of nitrogens with zero attached hydrogens (tertiary/aromatic N) is 4. The Morgan fingerprint density at radius 2 is 2.30 bits per heavy atom. The molecule has 0 radical (unpaired) electrons. The number of aromatic nitrogens is 3. The van der Waals surface area contributed by atoms with E-state index in [-0.39, 0.29) is 0 Å². The normalized spacial score (nSPS) is 11.6. The zero-order valence-electron chi connectivity index (χ0n) is 11.8. The van der Waals surface area contributed by atoms with E-state index in [1.165, 1.54) is 5.56 Å². The van der Waals surface area contributed by atoms with Gasteiger partial charge in [-0.2, -0.15) is 11.3 Å². The van der Waals surface area contributed by atoms with Crippen LogP contribution in [0.3, 0.4) is 0 Å². The van der Waals surface area contributed by atoms with Gasteiger partial charge in [0.05, 0.1) is 13.1 Å². The third-order valence-electron chi connectivity index (χ3n) is 2.79. The van der Waals surface area contributed by atoms with Crippen molar-refractivity contribution >= 4 is 17.3 Å².